The van der Waals surface area contributed by atoms with Crippen LogP contribution in [-0.2, 0) is 36.3 Å². The molecule has 0 saturated carbocycles. The van der Waals surface area contributed by atoms with Crippen LogP contribution in [0.15, 0.2) is 53.6 Å². The van der Waals surface area contributed by atoms with Gasteiger partial charge in [-0.1, -0.05) is 29.8 Å². The molecule has 0 bridgehead atoms. The van der Waals surface area contributed by atoms with Gasteiger partial charge in [-0.05, 0) is 24.6 Å². The van der Waals surface area contributed by atoms with Crippen molar-refractivity contribution < 1.29 is 37.4 Å². The zero-order valence-corrected chi connectivity index (χ0v) is 24.3. The van der Waals surface area contributed by atoms with Gasteiger partial charge in [0.15, 0.2) is 22.7 Å². The van der Waals surface area contributed by atoms with E-state index in [1.54, 1.807) is 16.7 Å². The molecule has 15 heteroatoms. The van der Waals surface area contributed by atoms with Gasteiger partial charge >= 0.3 is 13.6 Å². The average Bonchev–Trinajstić information content (AvgIpc) is 3.38. The van der Waals surface area contributed by atoms with E-state index < -0.39 is 19.1 Å². The van der Waals surface area contributed by atoms with Crippen molar-refractivity contribution in [3.63, 3.8) is 0 Å². The highest BCUT2D eigenvalue weighted by Crippen LogP contribution is 2.49. The minimum atomic E-state index is -3.81. The van der Waals surface area contributed by atoms with Gasteiger partial charge in [0.25, 0.3) is 5.56 Å². The Morgan fingerprint density at radius 2 is 1.81 bits per heavy atom. The molecule has 1 atom stereocenters. The Bertz CT molecular complexity index is 1620. The molecule has 2 aromatic heterocycles. The van der Waals surface area contributed by atoms with E-state index in [-0.39, 0.29) is 56.3 Å². The van der Waals surface area contributed by atoms with Crippen LogP contribution in [0.25, 0.3) is 11.2 Å². The number of esters is 1. The number of imidazole rings is 1. The Balaban J connectivity index is 1.34. The van der Waals surface area contributed by atoms with E-state index in [9.17, 15) is 14.2 Å². The maximum Gasteiger partial charge on any atom is 0.356 e. The van der Waals surface area contributed by atoms with Crippen LogP contribution in [0.1, 0.15) is 17.5 Å². The number of nitrogen functional groups attached to an aromatic ring is 1. The number of H-pyrrole nitrogens is 1. The van der Waals surface area contributed by atoms with E-state index in [4.69, 9.17) is 33.7 Å². The van der Waals surface area contributed by atoms with Crippen LogP contribution in [0, 0.1) is 6.92 Å². The third-order valence-corrected chi connectivity index (χ3v) is 7.55. The topological polar surface area (TPSA) is 179 Å². The van der Waals surface area contributed by atoms with E-state index in [2.05, 4.69) is 15.0 Å². The number of carbonyl (C=O) groups excluding carboxylic acids is 1. The van der Waals surface area contributed by atoms with Crippen LogP contribution in [0.5, 0.6) is 17.2 Å². The lowest BCUT2D eigenvalue weighted by molar-refractivity contribution is -0.134. The molecule has 2 aromatic carbocycles. The number of anilines is 1. The summed E-state index contributed by atoms with van der Waals surface area (Å²) in [7, 11) is -0.841. The van der Waals surface area contributed by atoms with Crippen molar-refractivity contribution in [2.45, 2.75) is 26.5 Å². The molecule has 2 heterocycles. The number of nitrogens with zero attached hydrogens (tertiary/aromatic N) is 3. The van der Waals surface area contributed by atoms with Gasteiger partial charge in [-0.15, -0.1) is 0 Å². The molecule has 42 heavy (non-hydrogen) atoms. The standard InChI is InChI=1S/C27H32N5O9P/c1-18-4-6-19(7-5-18)15-40-42(35,17-38-13-11-32-16-29-24-25(32)30-27(28)31-26(24)34)39-12-10-23(33)41-20-8-9-21(36-2)22(14-20)37-3/h4-9,14,16H,10-13,15,17H2,1-3H3,(H3,28,30,31,34). The zero-order chi connectivity index (χ0) is 30.1. The minimum Gasteiger partial charge on any atom is -0.493 e. The maximum atomic E-state index is 13.6. The number of rotatable bonds is 15. The highest BCUT2D eigenvalue weighted by molar-refractivity contribution is 7.53. The SMILES string of the molecule is COc1ccc(OC(=O)CCOP(=O)(COCCn2cnc3c(=O)[nH]c(N)nc32)OCc2ccc(C)cc2)cc1OC. The van der Waals surface area contributed by atoms with Crippen molar-refractivity contribution in [1.29, 1.82) is 0 Å². The summed E-state index contributed by atoms with van der Waals surface area (Å²) in [4.78, 5) is 35.0. The van der Waals surface area contributed by atoms with Crippen LogP contribution in [0.2, 0.25) is 0 Å². The molecule has 4 rings (SSSR count). The number of hydrogen-bond donors (Lipinski definition) is 2. The Kier molecular flexibility index (Phi) is 10.3. The van der Waals surface area contributed by atoms with Gasteiger partial charge in [0.05, 0.1) is 46.8 Å². The van der Waals surface area contributed by atoms with Gasteiger partial charge in [0.2, 0.25) is 5.95 Å². The number of aromatic amines is 1. The number of nitrogens with one attached hydrogen (secondary N) is 1. The molecule has 0 spiro atoms. The fourth-order valence-electron chi connectivity index (χ4n) is 3.77. The normalized spacial score (nSPS) is 12.6. The molecule has 0 radical (unpaired) electrons. The van der Waals surface area contributed by atoms with Crippen LogP contribution in [0.3, 0.4) is 0 Å². The molecule has 0 amide bonds. The second-order valence-electron chi connectivity index (χ2n) is 9.04. The number of methoxy groups -OCH3 is 2. The van der Waals surface area contributed by atoms with Gasteiger partial charge in [-0.2, -0.15) is 4.98 Å². The summed E-state index contributed by atoms with van der Waals surface area (Å²) in [6, 6.07) is 12.2. The molecule has 0 aliphatic heterocycles. The number of fused-ring (bicyclic) bond motifs is 1. The number of hydrogen-bond acceptors (Lipinski definition) is 12. The smallest absolute Gasteiger partial charge is 0.356 e. The molecule has 4 aromatic rings. The first kappa shape index (κ1) is 30.7. The summed E-state index contributed by atoms with van der Waals surface area (Å²) >= 11 is 0. The van der Waals surface area contributed by atoms with Crippen molar-refractivity contribution in [3.05, 3.63) is 70.3 Å². The van der Waals surface area contributed by atoms with E-state index in [1.807, 2.05) is 31.2 Å². The first-order valence-electron chi connectivity index (χ1n) is 12.8. The maximum absolute atomic E-state index is 13.6. The van der Waals surface area contributed by atoms with Crippen molar-refractivity contribution >= 4 is 30.7 Å². The molecular formula is C27H32N5O9P. The van der Waals surface area contributed by atoms with Crippen molar-refractivity contribution in [3.8, 4) is 17.2 Å². The molecule has 3 N–H and O–H groups in total. The Hall–Kier alpha value is -4.23. The summed E-state index contributed by atoms with van der Waals surface area (Å²) in [5.41, 5.74) is 7.47. The third kappa shape index (κ3) is 8.17. The third-order valence-electron chi connectivity index (χ3n) is 5.95. The number of carbonyl (C=O) groups is 1. The number of ether oxygens (including phenoxy) is 4. The predicted molar refractivity (Wildman–Crippen MR) is 153 cm³/mol. The van der Waals surface area contributed by atoms with Crippen molar-refractivity contribution in [2.24, 2.45) is 0 Å². The molecule has 0 fully saturated rings. The first-order valence-corrected chi connectivity index (χ1v) is 14.6. The van der Waals surface area contributed by atoms with Crippen LogP contribution >= 0.6 is 7.60 Å². The molecular weight excluding hydrogens is 569 g/mol. The van der Waals surface area contributed by atoms with E-state index in [0.29, 0.717) is 17.1 Å². The molecule has 0 aliphatic carbocycles. The van der Waals surface area contributed by atoms with Gasteiger partial charge in [0, 0.05) is 12.6 Å². The monoisotopic (exact) mass is 601 g/mol. The lowest BCUT2D eigenvalue weighted by atomic mass is 10.2. The molecule has 1 unspecified atom stereocenters. The van der Waals surface area contributed by atoms with Crippen LogP contribution < -0.4 is 25.5 Å². The Labute approximate surface area is 241 Å². The van der Waals surface area contributed by atoms with Gasteiger partial charge in [0.1, 0.15) is 12.1 Å². The second kappa shape index (κ2) is 14.1. The summed E-state index contributed by atoms with van der Waals surface area (Å²) in [6.07, 6.45) is 0.852. The van der Waals surface area contributed by atoms with Crippen molar-refractivity contribution in [2.75, 3.05) is 39.5 Å². The Morgan fingerprint density at radius 1 is 1.05 bits per heavy atom. The van der Waals surface area contributed by atoms with Gasteiger partial charge in [-0.3, -0.25) is 19.1 Å². The van der Waals surface area contributed by atoms with Crippen LogP contribution in [0.4, 0.5) is 5.95 Å². The molecule has 0 aliphatic rings. The summed E-state index contributed by atoms with van der Waals surface area (Å²) in [5.74, 6) is 0.497. The number of aryl methyl sites for hydroxylation is 1. The molecule has 0 saturated heterocycles. The lowest BCUT2D eigenvalue weighted by Gasteiger charge is -2.19. The van der Waals surface area contributed by atoms with E-state index >= 15 is 0 Å². The zero-order valence-electron chi connectivity index (χ0n) is 23.4. The van der Waals surface area contributed by atoms with E-state index in [1.165, 1.54) is 26.6 Å². The van der Waals surface area contributed by atoms with Crippen molar-refractivity contribution in [1.82, 2.24) is 19.5 Å². The molecule has 224 valence electrons. The van der Waals surface area contributed by atoms with Crippen LogP contribution in [-0.4, -0.2) is 59.3 Å². The van der Waals surface area contributed by atoms with E-state index in [0.717, 1.165) is 11.1 Å². The predicted octanol–water partition coefficient (Wildman–Crippen LogP) is 3.42. The minimum absolute atomic E-state index is 0.00907. The quantitative estimate of drug-likeness (QED) is 0.0879. The fourth-order valence-corrected chi connectivity index (χ4v) is 5.06. The highest BCUT2D eigenvalue weighted by atomic mass is 31.2. The lowest BCUT2D eigenvalue weighted by Crippen LogP contribution is -2.14. The number of benzene rings is 2. The fraction of sp³-hybridized carbons (Fsp3) is 0.333. The second-order valence-corrected chi connectivity index (χ2v) is 11.0. The number of nitrogens with two attached hydrogens (primary N) is 1. The summed E-state index contributed by atoms with van der Waals surface area (Å²) < 4.78 is 47.8. The largest absolute Gasteiger partial charge is 0.493 e. The van der Waals surface area contributed by atoms with Gasteiger partial charge in [-0.25, -0.2) is 4.98 Å². The Morgan fingerprint density at radius 3 is 2.55 bits per heavy atom. The first-order chi connectivity index (χ1) is 20.2. The average molecular weight is 602 g/mol. The van der Waals surface area contributed by atoms with Gasteiger partial charge < -0.3 is 38.3 Å². The summed E-state index contributed by atoms with van der Waals surface area (Å²) in [6.45, 7) is 2.04. The summed E-state index contributed by atoms with van der Waals surface area (Å²) in [5, 5.41) is 0. The highest BCUT2D eigenvalue weighted by Gasteiger charge is 2.26. The number of aromatic nitrogens is 4. The molecule has 14 nitrogen and oxygen atoms in total.